The topological polar surface area (TPSA) is 80.3 Å². The van der Waals surface area contributed by atoms with Crippen molar-refractivity contribution in [3.8, 4) is 11.5 Å². The van der Waals surface area contributed by atoms with E-state index in [1.165, 1.54) is 6.42 Å². The van der Waals surface area contributed by atoms with E-state index in [4.69, 9.17) is 14.2 Å². The number of benzene rings is 2. The quantitative estimate of drug-likeness (QED) is 0.543. The number of nitrogens with zero attached hydrogens (tertiary/aromatic N) is 1. The molecule has 0 bridgehead atoms. The molecule has 7 nitrogen and oxygen atoms in total. The molecule has 0 radical (unpaired) electrons. The molecule has 1 saturated carbocycles. The lowest BCUT2D eigenvalue weighted by Crippen LogP contribution is -2.62. The van der Waals surface area contributed by atoms with Gasteiger partial charge >= 0.3 is 0 Å². The Hall–Kier alpha value is -2.61. The standard InChI is InChI=1S/C25H30N2O5/c1-27(16-20-30-14-15-31-20)24-25(12-6-3-7-13-25)26-21-19(32-24)11-10-18(23(21)29)22(28)17-8-4-2-5-9-17/h2,4-5,8-11,20,24,26,29H,3,6-7,12-16H2,1H3. The molecule has 3 aliphatic rings. The second-order valence-electron chi connectivity index (χ2n) is 8.95. The maximum Gasteiger partial charge on any atom is 0.196 e. The molecule has 7 heteroatoms. The van der Waals surface area contributed by atoms with Crippen molar-refractivity contribution in [1.29, 1.82) is 0 Å². The zero-order valence-corrected chi connectivity index (χ0v) is 18.4. The van der Waals surface area contributed by atoms with E-state index in [0.717, 1.165) is 25.7 Å². The predicted molar refractivity (Wildman–Crippen MR) is 120 cm³/mol. The van der Waals surface area contributed by atoms with Crippen molar-refractivity contribution in [2.24, 2.45) is 0 Å². The third-order valence-electron chi connectivity index (χ3n) is 6.78. The van der Waals surface area contributed by atoms with Crippen LogP contribution in [0.2, 0.25) is 0 Å². The van der Waals surface area contributed by atoms with Gasteiger partial charge < -0.3 is 24.6 Å². The summed E-state index contributed by atoms with van der Waals surface area (Å²) in [5.74, 6) is 0.290. The molecule has 2 aromatic rings. The Balaban J connectivity index is 1.47. The van der Waals surface area contributed by atoms with Crippen molar-refractivity contribution in [3.63, 3.8) is 0 Å². The summed E-state index contributed by atoms with van der Waals surface area (Å²) in [6, 6.07) is 12.4. The molecule has 2 aliphatic heterocycles. The zero-order valence-electron chi connectivity index (χ0n) is 18.4. The number of ether oxygens (including phenoxy) is 3. The van der Waals surface area contributed by atoms with Gasteiger partial charge in [0.25, 0.3) is 0 Å². The monoisotopic (exact) mass is 438 g/mol. The largest absolute Gasteiger partial charge is 0.505 e. The summed E-state index contributed by atoms with van der Waals surface area (Å²) >= 11 is 0. The van der Waals surface area contributed by atoms with Gasteiger partial charge in [0, 0.05) is 5.56 Å². The minimum atomic E-state index is -0.357. The van der Waals surface area contributed by atoms with Gasteiger partial charge in [-0.1, -0.05) is 49.6 Å². The van der Waals surface area contributed by atoms with Crippen LogP contribution in [0.3, 0.4) is 0 Å². The summed E-state index contributed by atoms with van der Waals surface area (Å²) in [6.45, 7) is 1.82. The lowest BCUT2D eigenvalue weighted by Gasteiger charge is -2.51. The average Bonchev–Trinajstić information content (AvgIpc) is 3.33. The maximum absolute atomic E-state index is 13.0. The molecule has 2 heterocycles. The maximum atomic E-state index is 13.0. The van der Waals surface area contributed by atoms with Crippen LogP contribution in [0.1, 0.15) is 48.0 Å². The lowest BCUT2D eigenvalue weighted by atomic mass is 9.78. The molecular formula is C25H30N2O5. The fourth-order valence-corrected chi connectivity index (χ4v) is 5.17. The third-order valence-corrected chi connectivity index (χ3v) is 6.78. The Kier molecular flexibility index (Phi) is 5.80. The van der Waals surface area contributed by atoms with Crippen LogP contribution in [0, 0.1) is 0 Å². The first-order valence-electron chi connectivity index (χ1n) is 11.4. The molecule has 0 amide bonds. The summed E-state index contributed by atoms with van der Waals surface area (Å²) < 4.78 is 17.8. The van der Waals surface area contributed by atoms with Crippen LogP contribution in [0.4, 0.5) is 5.69 Å². The molecule has 0 aromatic heterocycles. The Morgan fingerprint density at radius 2 is 1.81 bits per heavy atom. The second kappa shape index (κ2) is 8.73. The van der Waals surface area contributed by atoms with E-state index in [1.807, 2.05) is 25.2 Å². The van der Waals surface area contributed by atoms with E-state index in [1.54, 1.807) is 24.3 Å². The highest BCUT2D eigenvalue weighted by Gasteiger charge is 2.48. The molecule has 1 spiro atoms. The molecule has 1 atom stereocenters. The molecule has 1 saturated heterocycles. The minimum absolute atomic E-state index is 0.0511. The highest BCUT2D eigenvalue weighted by atomic mass is 16.7. The number of carbonyl (C=O) groups is 1. The number of anilines is 1. The van der Waals surface area contributed by atoms with Crippen LogP contribution >= 0.6 is 0 Å². The Morgan fingerprint density at radius 1 is 1.09 bits per heavy atom. The van der Waals surface area contributed by atoms with Gasteiger partial charge in [0.15, 0.2) is 24.1 Å². The number of likely N-dealkylation sites (N-methyl/N-ethyl adjacent to an activating group) is 1. The van der Waals surface area contributed by atoms with Gasteiger partial charge in [-0.25, -0.2) is 0 Å². The highest BCUT2D eigenvalue weighted by molar-refractivity contribution is 6.12. The van der Waals surface area contributed by atoms with Crippen LogP contribution in [0.25, 0.3) is 0 Å². The van der Waals surface area contributed by atoms with Crippen LogP contribution < -0.4 is 10.1 Å². The van der Waals surface area contributed by atoms with Crippen LogP contribution in [-0.2, 0) is 9.47 Å². The summed E-state index contributed by atoms with van der Waals surface area (Å²) in [6.07, 6.45) is 4.68. The number of rotatable bonds is 5. The molecule has 170 valence electrons. The van der Waals surface area contributed by atoms with Gasteiger partial charge in [0.1, 0.15) is 11.4 Å². The molecule has 2 aromatic carbocycles. The number of hydrogen-bond donors (Lipinski definition) is 2. The molecular weight excluding hydrogens is 408 g/mol. The van der Waals surface area contributed by atoms with Gasteiger partial charge in [-0.3, -0.25) is 9.69 Å². The van der Waals surface area contributed by atoms with Crippen LogP contribution in [-0.4, -0.2) is 60.7 Å². The van der Waals surface area contributed by atoms with Crippen LogP contribution in [0.15, 0.2) is 42.5 Å². The number of carbonyl (C=O) groups excluding carboxylic acids is 1. The summed E-state index contributed by atoms with van der Waals surface area (Å²) in [7, 11) is 2.02. The van der Waals surface area contributed by atoms with Crippen molar-refractivity contribution in [1.82, 2.24) is 4.90 Å². The van der Waals surface area contributed by atoms with Crippen molar-refractivity contribution in [2.75, 3.05) is 32.1 Å². The number of hydrogen-bond acceptors (Lipinski definition) is 7. The number of aromatic hydroxyl groups is 1. The third kappa shape index (κ3) is 3.85. The van der Waals surface area contributed by atoms with Gasteiger partial charge in [-0.2, -0.15) is 0 Å². The minimum Gasteiger partial charge on any atom is -0.505 e. The van der Waals surface area contributed by atoms with E-state index in [9.17, 15) is 9.90 Å². The van der Waals surface area contributed by atoms with E-state index in [-0.39, 0.29) is 35.2 Å². The Labute approximate surface area is 188 Å². The van der Waals surface area contributed by atoms with Crippen LogP contribution in [0.5, 0.6) is 11.5 Å². The average molecular weight is 439 g/mol. The molecule has 1 aliphatic carbocycles. The number of ketones is 1. The first kappa shape index (κ1) is 21.2. The second-order valence-corrected chi connectivity index (χ2v) is 8.95. The number of fused-ring (bicyclic) bond motifs is 1. The fourth-order valence-electron chi connectivity index (χ4n) is 5.17. The summed E-state index contributed by atoms with van der Waals surface area (Å²) in [5.41, 5.74) is 0.967. The lowest BCUT2D eigenvalue weighted by molar-refractivity contribution is -0.102. The van der Waals surface area contributed by atoms with Gasteiger partial charge in [-0.15, -0.1) is 0 Å². The Morgan fingerprint density at radius 3 is 2.53 bits per heavy atom. The number of nitrogens with one attached hydrogen (secondary N) is 1. The van der Waals surface area contributed by atoms with E-state index in [0.29, 0.717) is 36.8 Å². The van der Waals surface area contributed by atoms with Crippen molar-refractivity contribution in [3.05, 3.63) is 53.6 Å². The number of phenolic OH excluding ortho intramolecular Hbond substituents is 1. The van der Waals surface area contributed by atoms with Crippen molar-refractivity contribution in [2.45, 2.75) is 50.2 Å². The van der Waals surface area contributed by atoms with E-state index < -0.39 is 0 Å². The van der Waals surface area contributed by atoms with Gasteiger partial charge in [-0.05, 0) is 32.0 Å². The highest BCUT2D eigenvalue weighted by Crippen LogP contribution is 2.48. The number of phenols is 1. The summed E-state index contributed by atoms with van der Waals surface area (Å²) in [4.78, 5) is 15.2. The zero-order chi connectivity index (χ0) is 22.1. The molecule has 32 heavy (non-hydrogen) atoms. The normalized spacial score (nSPS) is 22.4. The predicted octanol–water partition coefficient (Wildman–Crippen LogP) is 3.76. The molecule has 2 N–H and O–H groups in total. The molecule has 2 fully saturated rings. The SMILES string of the molecule is CN(CC1OCCO1)C1Oc2ccc(C(=O)c3ccccc3)c(O)c2NC12CCCCC2. The van der Waals surface area contributed by atoms with E-state index in [2.05, 4.69) is 10.2 Å². The fraction of sp³-hybridized carbons (Fsp3) is 0.480. The van der Waals surface area contributed by atoms with Crippen molar-refractivity contribution < 1.29 is 24.1 Å². The first-order valence-corrected chi connectivity index (χ1v) is 11.4. The first-order chi connectivity index (χ1) is 15.6. The van der Waals surface area contributed by atoms with Gasteiger partial charge in [0.2, 0.25) is 0 Å². The summed E-state index contributed by atoms with van der Waals surface area (Å²) in [5, 5.41) is 14.8. The molecule has 5 rings (SSSR count). The smallest absolute Gasteiger partial charge is 0.196 e. The van der Waals surface area contributed by atoms with Crippen molar-refractivity contribution >= 4 is 11.5 Å². The molecule has 1 unspecified atom stereocenters. The van der Waals surface area contributed by atoms with E-state index >= 15 is 0 Å². The van der Waals surface area contributed by atoms with Gasteiger partial charge in [0.05, 0.1) is 30.9 Å². The Bertz CT molecular complexity index is 968.